The van der Waals surface area contributed by atoms with Crippen LogP contribution in [0.25, 0.3) is 0 Å². The summed E-state index contributed by atoms with van der Waals surface area (Å²) in [5.74, 6) is 2.33. The van der Waals surface area contributed by atoms with E-state index >= 15 is 0 Å². The van der Waals surface area contributed by atoms with E-state index in [1.165, 1.54) is 6.42 Å². The largest absolute Gasteiger partial charge is 0.481 e. The van der Waals surface area contributed by atoms with E-state index in [0.29, 0.717) is 48.9 Å². The molecule has 0 amide bonds. The molecule has 13 atom stereocenters. The Bertz CT molecular complexity index is 851. The van der Waals surface area contributed by atoms with E-state index in [1.54, 1.807) is 0 Å². The molecule has 192 valence electrons. The highest BCUT2D eigenvalue weighted by Gasteiger charge is 2.69. The van der Waals surface area contributed by atoms with Gasteiger partial charge >= 0.3 is 5.97 Å². The average molecular weight is 475 g/mol. The van der Waals surface area contributed by atoms with Gasteiger partial charge in [0.15, 0.2) is 0 Å². The fourth-order valence-electron chi connectivity index (χ4n) is 9.88. The molecule has 0 spiro atoms. The molecule has 5 rings (SSSR count). The zero-order chi connectivity index (χ0) is 24.7. The van der Waals surface area contributed by atoms with E-state index in [-0.39, 0.29) is 23.7 Å². The molecule has 0 aliphatic heterocycles. The summed E-state index contributed by atoms with van der Waals surface area (Å²) in [4.78, 5) is 13.1. The summed E-state index contributed by atoms with van der Waals surface area (Å²) in [5.41, 5.74) is -0.382. The molecule has 0 radical (unpaired) electrons. The number of rotatable bonds is 5. The highest BCUT2D eigenvalue weighted by molar-refractivity contribution is 5.76. The number of carboxylic acids is 1. The molecule has 5 heteroatoms. The molecular formula is C29H46O5. The lowest BCUT2D eigenvalue weighted by atomic mass is 9.45. The van der Waals surface area contributed by atoms with Gasteiger partial charge in [-0.05, 0) is 91.8 Å². The van der Waals surface area contributed by atoms with Crippen LogP contribution in [0.4, 0.5) is 0 Å². The van der Waals surface area contributed by atoms with E-state index in [9.17, 15) is 25.2 Å². The Morgan fingerprint density at radius 3 is 2.41 bits per heavy atom. The lowest BCUT2D eigenvalue weighted by Crippen LogP contribution is -2.62. The number of hydrogen-bond acceptors (Lipinski definition) is 4. The topological polar surface area (TPSA) is 98.0 Å². The van der Waals surface area contributed by atoms with Crippen LogP contribution in [0.3, 0.4) is 0 Å². The highest BCUT2D eigenvalue weighted by atomic mass is 16.4. The minimum atomic E-state index is -0.866. The second kappa shape index (κ2) is 8.31. The first-order valence-electron chi connectivity index (χ1n) is 13.9. The normalized spacial score (nSPS) is 51.7. The maximum atomic E-state index is 13.1. The van der Waals surface area contributed by atoms with E-state index < -0.39 is 35.1 Å². The van der Waals surface area contributed by atoms with Gasteiger partial charge in [0.05, 0.1) is 23.7 Å². The predicted molar refractivity (Wildman–Crippen MR) is 131 cm³/mol. The number of carboxylic acid groups (broad SMARTS) is 1. The monoisotopic (exact) mass is 474 g/mol. The molecule has 0 aromatic heterocycles. The van der Waals surface area contributed by atoms with Gasteiger partial charge in [-0.3, -0.25) is 4.79 Å². The summed E-state index contributed by atoms with van der Waals surface area (Å²) >= 11 is 0. The number of aliphatic carboxylic acids is 1. The molecule has 0 aromatic carbocycles. The fourth-order valence-corrected chi connectivity index (χ4v) is 9.88. The van der Waals surface area contributed by atoms with Crippen molar-refractivity contribution < 1.29 is 25.2 Å². The summed E-state index contributed by atoms with van der Waals surface area (Å²) in [5, 5.41) is 43.8. The minimum Gasteiger partial charge on any atom is -0.481 e. The van der Waals surface area contributed by atoms with Crippen molar-refractivity contribution in [3.63, 3.8) is 0 Å². The van der Waals surface area contributed by atoms with Crippen LogP contribution in [0.1, 0.15) is 79.6 Å². The van der Waals surface area contributed by atoms with E-state index in [2.05, 4.69) is 40.7 Å². The third kappa shape index (κ3) is 3.32. The van der Waals surface area contributed by atoms with E-state index in [4.69, 9.17) is 0 Å². The smallest absolute Gasteiger partial charge is 0.310 e. The predicted octanol–water partition coefficient (Wildman–Crippen LogP) is 4.50. The molecular weight excluding hydrogens is 428 g/mol. The van der Waals surface area contributed by atoms with Gasteiger partial charge in [0.2, 0.25) is 0 Å². The van der Waals surface area contributed by atoms with Crippen LogP contribution in [0, 0.1) is 64.1 Å². The van der Waals surface area contributed by atoms with Gasteiger partial charge in [-0.1, -0.05) is 46.3 Å². The van der Waals surface area contributed by atoms with Gasteiger partial charge in [0.1, 0.15) is 0 Å². The van der Waals surface area contributed by atoms with E-state index in [1.807, 2.05) is 0 Å². The molecule has 34 heavy (non-hydrogen) atoms. The first-order chi connectivity index (χ1) is 15.9. The Morgan fingerprint density at radius 2 is 1.76 bits per heavy atom. The molecule has 5 aliphatic carbocycles. The number of fused-ring (bicyclic) bond motifs is 5. The van der Waals surface area contributed by atoms with Crippen molar-refractivity contribution in [1.29, 1.82) is 0 Å². The number of carbonyl (C=O) groups is 1. The second-order valence-corrected chi connectivity index (χ2v) is 13.5. The third-order valence-corrected chi connectivity index (χ3v) is 12.0. The highest BCUT2D eigenvalue weighted by Crippen LogP contribution is 2.69. The molecule has 4 N–H and O–H groups in total. The van der Waals surface area contributed by atoms with Crippen LogP contribution < -0.4 is 0 Å². The van der Waals surface area contributed by atoms with Gasteiger partial charge in [0, 0.05) is 11.8 Å². The molecule has 5 nitrogen and oxygen atoms in total. The van der Waals surface area contributed by atoms with Gasteiger partial charge in [-0.15, -0.1) is 0 Å². The quantitative estimate of drug-likeness (QED) is 0.440. The minimum absolute atomic E-state index is 0.0410. The van der Waals surface area contributed by atoms with Crippen LogP contribution in [0.5, 0.6) is 0 Å². The Morgan fingerprint density at radius 1 is 1.06 bits per heavy atom. The van der Waals surface area contributed by atoms with Crippen molar-refractivity contribution in [2.75, 3.05) is 0 Å². The maximum absolute atomic E-state index is 13.1. The Balaban J connectivity index is 1.46. The molecule has 4 saturated carbocycles. The number of allylic oxidation sites excluding steroid dienone is 1. The van der Waals surface area contributed by atoms with Crippen LogP contribution >= 0.6 is 0 Å². The lowest BCUT2D eigenvalue weighted by Gasteiger charge is -2.60. The molecule has 0 heterocycles. The fraction of sp³-hybridized carbons (Fsp3) is 0.897. The Labute approximate surface area is 205 Å². The van der Waals surface area contributed by atoms with Crippen molar-refractivity contribution in [2.45, 2.75) is 97.9 Å². The standard InChI is InChI=1S/C29H46O5/c1-14(2)15(3)20-12-21(20)16(4)22-8-9-23-19-7-6-17-10-18(30)11-25(32)28(17,5)26(19)24(31)13-29(22,23)27(33)34/h6,14-16,18-26,30-32H,7-13H2,1-5H3,(H,33,34)/t15-,16-,18-,19+,20-,21-,22-,23+,24-,25+,26-,28-,29+/m1/s1. The maximum Gasteiger partial charge on any atom is 0.310 e. The molecule has 0 bridgehead atoms. The Kier molecular flexibility index (Phi) is 6.06. The van der Waals surface area contributed by atoms with Crippen molar-refractivity contribution in [1.82, 2.24) is 0 Å². The zero-order valence-corrected chi connectivity index (χ0v) is 21.7. The van der Waals surface area contributed by atoms with Gasteiger partial charge < -0.3 is 20.4 Å². The summed E-state index contributed by atoms with van der Waals surface area (Å²) in [6.07, 6.45) is 5.18. The van der Waals surface area contributed by atoms with Crippen molar-refractivity contribution in [2.24, 2.45) is 64.1 Å². The molecule has 0 aromatic rings. The van der Waals surface area contributed by atoms with Crippen LogP contribution in [-0.2, 0) is 4.79 Å². The third-order valence-electron chi connectivity index (χ3n) is 12.0. The van der Waals surface area contributed by atoms with Crippen LogP contribution in [0.15, 0.2) is 11.6 Å². The van der Waals surface area contributed by atoms with Crippen molar-refractivity contribution >= 4 is 5.97 Å². The summed E-state index contributed by atoms with van der Waals surface area (Å²) in [6, 6.07) is 0. The Hall–Kier alpha value is -0.910. The average Bonchev–Trinajstić information content (AvgIpc) is 3.46. The van der Waals surface area contributed by atoms with Crippen molar-refractivity contribution in [3.8, 4) is 0 Å². The lowest BCUT2D eigenvalue weighted by molar-refractivity contribution is -0.188. The zero-order valence-electron chi connectivity index (χ0n) is 21.7. The first kappa shape index (κ1) is 24.8. The van der Waals surface area contributed by atoms with Gasteiger partial charge in [-0.25, -0.2) is 0 Å². The number of hydrogen-bond donors (Lipinski definition) is 4. The molecule has 0 saturated heterocycles. The van der Waals surface area contributed by atoms with Crippen LogP contribution in [-0.4, -0.2) is 44.7 Å². The summed E-state index contributed by atoms with van der Waals surface area (Å²) in [7, 11) is 0. The van der Waals surface area contributed by atoms with Gasteiger partial charge in [0.25, 0.3) is 0 Å². The summed E-state index contributed by atoms with van der Waals surface area (Å²) in [6.45, 7) is 11.3. The SMILES string of the molecule is CC(C)[C@@H](C)[C@H]1C[C@@H]1[C@@H](C)[C@H]1CC[C@H]2[C@@H]3CC=C4C[C@@H](O)C[C@H](O)[C@]4(C)[C@H]3[C@H](O)C[C@]12C(=O)O. The van der Waals surface area contributed by atoms with Crippen molar-refractivity contribution in [3.05, 3.63) is 11.6 Å². The van der Waals surface area contributed by atoms with Crippen LogP contribution in [0.2, 0.25) is 0 Å². The molecule has 5 aliphatic rings. The number of aliphatic hydroxyl groups is 3. The van der Waals surface area contributed by atoms with E-state index in [0.717, 1.165) is 24.8 Å². The number of aliphatic hydroxyl groups excluding tert-OH is 3. The molecule has 0 unspecified atom stereocenters. The second-order valence-electron chi connectivity index (χ2n) is 13.5. The molecule has 4 fully saturated rings. The van der Waals surface area contributed by atoms with Gasteiger partial charge in [-0.2, -0.15) is 0 Å². The first-order valence-corrected chi connectivity index (χ1v) is 13.9. The summed E-state index contributed by atoms with van der Waals surface area (Å²) < 4.78 is 0.